The smallest absolute Gasteiger partial charge is 0.412 e. The second-order valence-electron chi connectivity index (χ2n) is 6.34. The summed E-state index contributed by atoms with van der Waals surface area (Å²) in [6, 6.07) is 7.21. The van der Waals surface area contributed by atoms with Crippen LogP contribution in [0.1, 0.15) is 26.3 Å². The highest BCUT2D eigenvalue weighted by Crippen LogP contribution is 2.23. The zero-order chi connectivity index (χ0) is 18.4. The highest BCUT2D eigenvalue weighted by atomic mass is 35.5. The van der Waals surface area contributed by atoms with Crippen LogP contribution < -0.4 is 10.6 Å². The Balaban J connectivity index is 2.15. The topological polar surface area (TPSA) is 76.1 Å². The van der Waals surface area contributed by atoms with Crippen molar-refractivity contribution < 1.29 is 9.53 Å². The number of amides is 1. The van der Waals surface area contributed by atoms with E-state index in [1.807, 2.05) is 32.9 Å². The van der Waals surface area contributed by atoms with Crippen molar-refractivity contribution >= 4 is 34.9 Å². The van der Waals surface area contributed by atoms with Crippen molar-refractivity contribution in [3.63, 3.8) is 0 Å². The maximum Gasteiger partial charge on any atom is 0.412 e. The monoisotopic (exact) mass is 360 g/mol. The summed E-state index contributed by atoms with van der Waals surface area (Å²) in [6.45, 7) is 9.15. The number of anilines is 3. The molecule has 0 saturated carbocycles. The zero-order valence-electron chi connectivity index (χ0n) is 14.5. The van der Waals surface area contributed by atoms with Gasteiger partial charge in [-0.2, -0.15) is 0 Å². The third kappa shape index (κ3) is 6.08. The van der Waals surface area contributed by atoms with Crippen molar-refractivity contribution in [2.24, 2.45) is 0 Å². The van der Waals surface area contributed by atoms with E-state index >= 15 is 0 Å². The third-order valence-corrected chi connectivity index (χ3v) is 3.15. The summed E-state index contributed by atoms with van der Waals surface area (Å²) in [4.78, 5) is 20.1. The summed E-state index contributed by atoms with van der Waals surface area (Å²) < 4.78 is 5.25. The molecule has 1 heterocycles. The molecule has 2 rings (SSSR count). The van der Waals surface area contributed by atoms with Gasteiger partial charge in [-0.1, -0.05) is 12.1 Å². The van der Waals surface area contributed by atoms with Crippen LogP contribution in [0.15, 0.2) is 43.1 Å². The fraction of sp³-hybridized carbons (Fsp3) is 0.278. The number of benzene rings is 1. The van der Waals surface area contributed by atoms with Gasteiger partial charge in [-0.05, 0) is 57.0 Å². The van der Waals surface area contributed by atoms with Gasteiger partial charge in [0.15, 0.2) is 0 Å². The minimum absolute atomic E-state index is 0.151. The van der Waals surface area contributed by atoms with Crippen LogP contribution >= 0.6 is 11.6 Å². The summed E-state index contributed by atoms with van der Waals surface area (Å²) in [7, 11) is 0. The molecule has 0 aliphatic rings. The SMILES string of the molecule is C=CCc1cnc(Cl)nc1Nc1cccc(NC(=O)OC(C)(C)C)c1. The lowest BCUT2D eigenvalue weighted by Gasteiger charge is -2.19. The molecule has 0 saturated heterocycles. The van der Waals surface area contributed by atoms with Gasteiger partial charge in [0, 0.05) is 23.1 Å². The van der Waals surface area contributed by atoms with Gasteiger partial charge in [-0.3, -0.25) is 5.32 Å². The molecular weight excluding hydrogens is 340 g/mol. The molecule has 1 aromatic carbocycles. The van der Waals surface area contributed by atoms with E-state index in [2.05, 4.69) is 27.2 Å². The van der Waals surface area contributed by atoms with Crippen LogP contribution in [-0.4, -0.2) is 21.7 Å². The molecule has 1 amide bonds. The number of rotatable bonds is 5. The van der Waals surface area contributed by atoms with Gasteiger partial charge in [-0.15, -0.1) is 6.58 Å². The second-order valence-corrected chi connectivity index (χ2v) is 6.68. The van der Waals surface area contributed by atoms with E-state index < -0.39 is 11.7 Å². The number of ether oxygens (including phenoxy) is 1. The lowest BCUT2D eigenvalue weighted by Crippen LogP contribution is -2.27. The van der Waals surface area contributed by atoms with Crippen molar-refractivity contribution in [2.45, 2.75) is 32.8 Å². The predicted molar refractivity (Wildman–Crippen MR) is 101 cm³/mol. The number of hydrogen-bond acceptors (Lipinski definition) is 5. The molecule has 0 bridgehead atoms. The average molecular weight is 361 g/mol. The first-order valence-corrected chi connectivity index (χ1v) is 8.14. The molecule has 2 N–H and O–H groups in total. The van der Waals surface area contributed by atoms with E-state index in [-0.39, 0.29) is 5.28 Å². The summed E-state index contributed by atoms with van der Waals surface area (Å²) >= 11 is 5.88. The molecule has 0 radical (unpaired) electrons. The van der Waals surface area contributed by atoms with Crippen LogP contribution in [-0.2, 0) is 11.2 Å². The first-order chi connectivity index (χ1) is 11.8. The molecule has 6 nitrogen and oxygen atoms in total. The number of nitrogens with one attached hydrogen (secondary N) is 2. The van der Waals surface area contributed by atoms with Crippen LogP contribution in [0.3, 0.4) is 0 Å². The summed E-state index contributed by atoms with van der Waals surface area (Å²) in [5, 5.41) is 6.04. The van der Waals surface area contributed by atoms with Gasteiger partial charge >= 0.3 is 6.09 Å². The Labute approximate surface area is 152 Å². The summed E-state index contributed by atoms with van der Waals surface area (Å²) in [5.74, 6) is 0.592. The minimum Gasteiger partial charge on any atom is -0.444 e. The number of carbonyl (C=O) groups is 1. The molecule has 132 valence electrons. The average Bonchev–Trinajstić information content (AvgIpc) is 2.48. The predicted octanol–water partition coefficient (Wildman–Crippen LogP) is 4.95. The molecule has 25 heavy (non-hydrogen) atoms. The Morgan fingerprint density at radius 2 is 2.08 bits per heavy atom. The first-order valence-electron chi connectivity index (χ1n) is 7.76. The number of hydrogen-bond donors (Lipinski definition) is 2. The number of aromatic nitrogens is 2. The minimum atomic E-state index is -0.558. The maximum atomic E-state index is 11.9. The molecule has 0 aliphatic heterocycles. The Kier molecular flexibility index (Phi) is 5.98. The number of nitrogens with zero attached hydrogens (tertiary/aromatic N) is 2. The molecule has 0 aliphatic carbocycles. The highest BCUT2D eigenvalue weighted by molar-refractivity contribution is 6.28. The fourth-order valence-electron chi connectivity index (χ4n) is 2.03. The van der Waals surface area contributed by atoms with Gasteiger partial charge in [0.05, 0.1) is 0 Å². The third-order valence-electron chi connectivity index (χ3n) is 2.97. The largest absolute Gasteiger partial charge is 0.444 e. The molecule has 0 unspecified atom stereocenters. The van der Waals surface area contributed by atoms with Gasteiger partial charge in [-0.25, -0.2) is 14.8 Å². The van der Waals surface area contributed by atoms with E-state index in [1.54, 1.807) is 24.4 Å². The van der Waals surface area contributed by atoms with Crippen LogP contribution in [0, 0.1) is 0 Å². The Morgan fingerprint density at radius 1 is 1.36 bits per heavy atom. The molecular formula is C18H21ClN4O2. The van der Waals surface area contributed by atoms with E-state index in [4.69, 9.17) is 16.3 Å². The van der Waals surface area contributed by atoms with Gasteiger partial charge in [0.2, 0.25) is 5.28 Å². The van der Waals surface area contributed by atoms with Crippen molar-refractivity contribution in [3.05, 3.63) is 54.0 Å². The Hall–Kier alpha value is -2.60. The Bertz CT molecular complexity index is 772. The second kappa shape index (κ2) is 7.98. The van der Waals surface area contributed by atoms with E-state index in [0.717, 1.165) is 11.3 Å². The van der Waals surface area contributed by atoms with Crippen LogP contribution in [0.4, 0.5) is 22.0 Å². The Morgan fingerprint density at radius 3 is 2.76 bits per heavy atom. The lowest BCUT2D eigenvalue weighted by atomic mass is 10.2. The van der Waals surface area contributed by atoms with Crippen molar-refractivity contribution in [3.8, 4) is 0 Å². The normalized spacial score (nSPS) is 10.9. The van der Waals surface area contributed by atoms with Crippen molar-refractivity contribution in [1.82, 2.24) is 9.97 Å². The van der Waals surface area contributed by atoms with E-state index in [1.165, 1.54) is 0 Å². The maximum absolute atomic E-state index is 11.9. The quantitative estimate of drug-likeness (QED) is 0.582. The van der Waals surface area contributed by atoms with Gasteiger partial charge in [0.25, 0.3) is 0 Å². The summed E-state index contributed by atoms with van der Waals surface area (Å²) in [6.07, 6.45) is 3.51. The fourth-order valence-corrected chi connectivity index (χ4v) is 2.16. The van der Waals surface area contributed by atoms with Crippen LogP contribution in [0.5, 0.6) is 0 Å². The van der Waals surface area contributed by atoms with Crippen molar-refractivity contribution in [2.75, 3.05) is 10.6 Å². The molecule has 7 heteroatoms. The lowest BCUT2D eigenvalue weighted by molar-refractivity contribution is 0.0636. The summed E-state index contributed by atoms with van der Waals surface area (Å²) in [5.41, 5.74) is 1.65. The van der Waals surface area contributed by atoms with E-state index in [9.17, 15) is 4.79 Å². The molecule has 0 fully saturated rings. The van der Waals surface area contributed by atoms with E-state index in [0.29, 0.717) is 17.9 Å². The highest BCUT2D eigenvalue weighted by Gasteiger charge is 2.16. The van der Waals surface area contributed by atoms with Crippen LogP contribution in [0.2, 0.25) is 5.28 Å². The zero-order valence-corrected chi connectivity index (χ0v) is 15.2. The van der Waals surface area contributed by atoms with Crippen LogP contribution in [0.25, 0.3) is 0 Å². The molecule has 0 atom stereocenters. The number of carbonyl (C=O) groups excluding carboxylic acids is 1. The molecule has 2 aromatic rings. The number of allylic oxidation sites excluding steroid dienone is 1. The number of halogens is 1. The van der Waals surface area contributed by atoms with Crippen molar-refractivity contribution in [1.29, 1.82) is 0 Å². The van der Waals surface area contributed by atoms with Gasteiger partial charge < -0.3 is 10.1 Å². The molecule has 0 spiro atoms. The molecule has 1 aromatic heterocycles. The standard InChI is InChI=1S/C18H21ClN4O2/c1-5-7-12-11-20-16(19)23-15(12)21-13-8-6-9-14(10-13)22-17(24)25-18(2,3)4/h5-6,8-11H,1,7H2,2-4H3,(H,22,24)(H,20,21,23). The first kappa shape index (κ1) is 18.7. The van der Waals surface area contributed by atoms with Gasteiger partial charge in [0.1, 0.15) is 11.4 Å².